The highest BCUT2D eigenvalue weighted by atomic mass is 16.1. The second-order valence-corrected chi connectivity index (χ2v) is 7.55. The van der Waals surface area contributed by atoms with Crippen LogP contribution in [0.4, 0.5) is 0 Å². The summed E-state index contributed by atoms with van der Waals surface area (Å²) in [4.78, 5) is 24.4. The number of carbonyl (C=O) groups is 2. The van der Waals surface area contributed by atoms with Gasteiger partial charge in [0.05, 0.1) is 5.54 Å². The third-order valence-corrected chi connectivity index (χ3v) is 5.47. The molecule has 0 radical (unpaired) electrons. The summed E-state index contributed by atoms with van der Waals surface area (Å²) in [7, 11) is 0. The van der Waals surface area contributed by atoms with Crippen molar-refractivity contribution in [3.8, 4) is 0 Å². The molecule has 0 aliphatic heterocycles. The minimum absolute atomic E-state index is 0.00843. The number of carbonyl (C=O) groups excluding carboxylic acids is 2. The maximum absolute atomic E-state index is 12.7. The SMILES string of the molecule is CC(=O)NC12CC3CC(CC(C3)C1C(=O)C=C(C)C)C2. The molecule has 0 aromatic heterocycles. The molecule has 3 unspecified atom stereocenters. The second-order valence-electron chi connectivity index (χ2n) is 7.55. The predicted octanol–water partition coefficient (Wildman–Crippen LogP) is 2.85. The summed E-state index contributed by atoms with van der Waals surface area (Å²) in [5, 5.41) is 3.20. The van der Waals surface area contributed by atoms with Crippen molar-refractivity contribution in [2.75, 3.05) is 0 Å². The van der Waals surface area contributed by atoms with Gasteiger partial charge in [0.25, 0.3) is 0 Å². The average molecular weight is 275 g/mol. The number of allylic oxidation sites excluding steroid dienone is 2. The number of hydrogen-bond donors (Lipinski definition) is 1. The second kappa shape index (κ2) is 4.71. The Morgan fingerprint density at radius 3 is 2.15 bits per heavy atom. The van der Waals surface area contributed by atoms with Crippen molar-refractivity contribution in [3.63, 3.8) is 0 Å². The van der Waals surface area contributed by atoms with E-state index in [1.165, 1.54) is 19.3 Å². The highest BCUT2D eigenvalue weighted by Crippen LogP contribution is 2.58. The monoisotopic (exact) mass is 275 g/mol. The summed E-state index contributed by atoms with van der Waals surface area (Å²) < 4.78 is 0. The van der Waals surface area contributed by atoms with Gasteiger partial charge in [-0.1, -0.05) is 5.57 Å². The standard InChI is InChI=1S/C17H25NO2/c1-10(2)4-15(20)16-14-6-12-5-13(7-14)9-17(16,8-12)18-11(3)19/h4,12-14,16H,5-9H2,1-3H3,(H,18,19). The molecule has 4 aliphatic carbocycles. The highest BCUT2D eigenvalue weighted by molar-refractivity contribution is 5.94. The van der Waals surface area contributed by atoms with Crippen LogP contribution in [-0.2, 0) is 9.59 Å². The Morgan fingerprint density at radius 1 is 1.05 bits per heavy atom. The molecular weight excluding hydrogens is 250 g/mol. The van der Waals surface area contributed by atoms with E-state index in [-0.39, 0.29) is 23.1 Å². The minimum atomic E-state index is -0.246. The van der Waals surface area contributed by atoms with E-state index in [0.29, 0.717) is 5.92 Å². The number of nitrogens with one attached hydrogen (secondary N) is 1. The third kappa shape index (κ3) is 2.21. The van der Waals surface area contributed by atoms with Gasteiger partial charge in [0.2, 0.25) is 5.91 Å². The quantitative estimate of drug-likeness (QED) is 0.805. The molecule has 0 spiro atoms. The topological polar surface area (TPSA) is 46.2 Å². The number of rotatable bonds is 3. The number of amides is 1. The first-order valence-electron chi connectivity index (χ1n) is 7.87. The normalized spacial score (nSPS) is 41.4. The van der Waals surface area contributed by atoms with Crippen LogP contribution >= 0.6 is 0 Å². The average Bonchev–Trinajstić information content (AvgIpc) is 2.23. The summed E-state index contributed by atoms with van der Waals surface area (Å²) in [5.41, 5.74) is 0.811. The van der Waals surface area contributed by atoms with E-state index >= 15 is 0 Å². The molecule has 0 heterocycles. The van der Waals surface area contributed by atoms with Crippen molar-refractivity contribution in [2.45, 2.75) is 58.4 Å². The summed E-state index contributed by atoms with van der Waals surface area (Å²) in [6.07, 6.45) is 7.48. The van der Waals surface area contributed by atoms with Gasteiger partial charge < -0.3 is 5.32 Å². The van der Waals surface area contributed by atoms with E-state index in [0.717, 1.165) is 30.3 Å². The van der Waals surface area contributed by atoms with Crippen molar-refractivity contribution < 1.29 is 9.59 Å². The number of hydrogen-bond acceptors (Lipinski definition) is 2. The molecule has 1 N–H and O–H groups in total. The molecule has 3 heteroatoms. The molecule has 20 heavy (non-hydrogen) atoms. The van der Waals surface area contributed by atoms with Gasteiger partial charge in [0, 0.05) is 12.8 Å². The van der Waals surface area contributed by atoms with Crippen LogP contribution in [0.1, 0.15) is 52.9 Å². The molecular formula is C17H25NO2. The van der Waals surface area contributed by atoms with Crippen molar-refractivity contribution in [3.05, 3.63) is 11.6 Å². The zero-order valence-electron chi connectivity index (χ0n) is 12.7. The van der Waals surface area contributed by atoms with E-state index < -0.39 is 0 Å². The van der Waals surface area contributed by atoms with Crippen LogP contribution in [0.25, 0.3) is 0 Å². The molecule has 4 rings (SSSR count). The molecule has 0 aromatic carbocycles. The molecule has 3 atom stereocenters. The molecule has 4 bridgehead atoms. The van der Waals surface area contributed by atoms with Gasteiger partial charge in [-0.25, -0.2) is 0 Å². The van der Waals surface area contributed by atoms with Crippen molar-refractivity contribution in [1.29, 1.82) is 0 Å². The summed E-state index contributed by atoms with van der Waals surface area (Å²) in [6.45, 7) is 5.53. The van der Waals surface area contributed by atoms with Crippen LogP contribution in [-0.4, -0.2) is 17.2 Å². The highest BCUT2D eigenvalue weighted by Gasteiger charge is 2.59. The molecule has 4 aliphatic rings. The van der Waals surface area contributed by atoms with Gasteiger partial charge in [-0.3, -0.25) is 9.59 Å². The maximum Gasteiger partial charge on any atom is 0.217 e. The molecule has 110 valence electrons. The Balaban J connectivity index is 1.95. The lowest BCUT2D eigenvalue weighted by molar-refractivity contribution is -0.141. The maximum atomic E-state index is 12.7. The van der Waals surface area contributed by atoms with Crippen molar-refractivity contribution in [2.24, 2.45) is 23.7 Å². The van der Waals surface area contributed by atoms with Gasteiger partial charge in [-0.2, -0.15) is 0 Å². The summed E-state index contributed by atoms with van der Waals surface area (Å²) >= 11 is 0. The smallest absolute Gasteiger partial charge is 0.217 e. The van der Waals surface area contributed by atoms with Crippen LogP contribution in [0.3, 0.4) is 0 Å². The molecule has 4 fully saturated rings. The first-order valence-corrected chi connectivity index (χ1v) is 7.87. The van der Waals surface area contributed by atoms with Gasteiger partial charge in [-0.05, 0) is 69.8 Å². The van der Waals surface area contributed by atoms with E-state index in [1.54, 1.807) is 13.0 Å². The van der Waals surface area contributed by atoms with Crippen molar-refractivity contribution >= 4 is 11.7 Å². The predicted molar refractivity (Wildman–Crippen MR) is 78.0 cm³/mol. The van der Waals surface area contributed by atoms with Gasteiger partial charge in [-0.15, -0.1) is 0 Å². The Morgan fingerprint density at radius 2 is 1.65 bits per heavy atom. The summed E-state index contributed by atoms with van der Waals surface area (Å²) in [6, 6.07) is 0. The fourth-order valence-corrected chi connectivity index (χ4v) is 5.45. The largest absolute Gasteiger partial charge is 0.350 e. The Kier molecular flexibility index (Phi) is 3.26. The van der Waals surface area contributed by atoms with Crippen LogP contribution in [0.5, 0.6) is 0 Å². The van der Waals surface area contributed by atoms with E-state index in [9.17, 15) is 9.59 Å². The lowest BCUT2D eigenvalue weighted by Gasteiger charge is -2.60. The Labute approximate surface area is 121 Å². The fraction of sp³-hybridized carbons (Fsp3) is 0.765. The van der Waals surface area contributed by atoms with Gasteiger partial charge in [0.1, 0.15) is 0 Å². The Hall–Kier alpha value is -1.12. The first-order chi connectivity index (χ1) is 9.39. The molecule has 4 saturated carbocycles. The fourth-order valence-electron chi connectivity index (χ4n) is 5.45. The van der Waals surface area contributed by atoms with Gasteiger partial charge >= 0.3 is 0 Å². The lowest BCUT2D eigenvalue weighted by atomic mass is 9.47. The minimum Gasteiger partial charge on any atom is -0.350 e. The zero-order chi connectivity index (χ0) is 14.5. The number of ketones is 1. The molecule has 3 nitrogen and oxygen atoms in total. The van der Waals surface area contributed by atoms with Crippen LogP contribution < -0.4 is 5.32 Å². The molecule has 0 aromatic rings. The van der Waals surface area contributed by atoms with E-state index in [1.807, 2.05) is 13.8 Å². The van der Waals surface area contributed by atoms with Crippen molar-refractivity contribution in [1.82, 2.24) is 5.32 Å². The van der Waals surface area contributed by atoms with E-state index in [4.69, 9.17) is 0 Å². The first kappa shape index (κ1) is 13.8. The van der Waals surface area contributed by atoms with Crippen LogP contribution in [0.2, 0.25) is 0 Å². The van der Waals surface area contributed by atoms with E-state index in [2.05, 4.69) is 5.32 Å². The van der Waals surface area contributed by atoms with Crippen LogP contribution in [0, 0.1) is 23.7 Å². The zero-order valence-corrected chi connectivity index (χ0v) is 12.7. The van der Waals surface area contributed by atoms with Gasteiger partial charge in [0.15, 0.2) is 5.78 Å². The summed E-state index contributed by atoms with van der Waals surface area (Å²) in [5.74, 6) is 2.18. The van der Waals surface area contributed by atoms with Crippen LogP contribution in [0.15, 0.2) is 11.6 Å². The third-order valence-electron chi connectivity index (χ3n) is 5.47. The Bertz CT molecular complexity index is 461. The molecule has 1 amide bonds. The molecule has 0 saturated heterocycles. The lowest BCUT2D eigenvalue weighted by Crippen LogP contribution is -2.66.